The molecule has 2 N–H and O–H groups in total. The van der Waals surface area contributed by atoms with Gasteiger partial charge in [0.05, 0.1) is 5.52 Å². The topological polar surface area (TPSA) is 66.6 Å². The van der Waals surface area contributed by atoms with Gasteiger partial charge in [0.15, 0.2) is 5.69 Å². The molecule has 0 aromatic carbocycles. The molecule has 2 heterocycles. The van der Waals surface area contributed by atoms with Crippen LogP contribution in [0.25, 0.3) is 5.52 Å². The van der Waals surface area contributed by atoms with Crippen molar-refractivity contribution in [3.8, 4) is 0 Å². The molecule has 0 saturated heterocycles. The van der Waals surface area contributed by atoms with E-state index in [0.717, 1.165) is 0 Å². The minimum Gasteiger partial charge on any atom is -0.476 e. The summed E-state index contributed by atoms with van der Waals surface area (Å²) in [5.41, 5.74) is 0.559. The first kappa shape index (κ1) is 12.9. The van der Waals surface area contributed by atoms with Crippen LogP contribution in [0.4, 0.5) is 0 Å². The highest BCUT2D eigenvalue weighted by atomic mass is 35.5. The summed E-state index contributed by atoms with van der Waals surface area (Å²) < 4.78 is 1.68. The molecule has 0 aliphatic heterocycles. The molecular weight excluding hydrogens is 254 g/mol. The van der Waals surface area contributed by atoms with Gasteiger partial charge in [-0.25, -0.2) is 9.78 Å². The summed E-state index contributed by atoms with van der Waals surface area (Å²) in [6.45, 7) is 2.00. The van der Waals surface area contributed by atoms with E-state index in [1.165, 1.54) is 0 Å². The van der Waals surface area contributed by atoms with Gasteiger partial charge in [-0.1, -0.05) is 17.7 Å². The number of likely N-dealkylation sites (N-methyl/N-ethyl adjacent to an activating group) is 1. The number of fused-ring (bicyclic) bond motifs is 1. The molecule has 6 heteroatoms. The molecule has 1 atom stereocenters. The summed E-state index contributed by atoms with van der Waals surface area (Å²) in [6.07, 6.45) is 0.606. The van der Waals surface area contributed by atoms with E-state index in [-0.39, 0.29) is 11.7 Å². The number of pyridine rings is 1. The Balaban J connectivity index is 2.62. The lowest BCUT2D eigenvalue weighted by Gasteiger charge is -2.09. The maximum absolute atomic E-state index is 11.2. The number of halogens is 1. The smallest absolute Gasteiger partial charge is 0.356 e. The first-order chi connectivity index (χ1) is 8.54. The third-order valence-corrected chi connectivity index (χ3v) is 3.16. The fourth-order valence-electron chi connectivity index (χ4n) is 1.84. The first-order valence-corrected chi connectivity index (χ1v) is 5.98. The highest BCUT2D eigenvalue weighted by molar-refractivity contribution is 6.29. The number of aromatic nitrogens is 2. The van der Waals surface area contributed by atoms with E-state index >= 15 is 0 Å². The molecule has 0 saturated carbocycles. The molecule has 0 amide bonds. The highest BCUT2D eigenvalue weighted by Gasteiger charge is 2.18. The van der Waals surface area contributed by atoms with Gasteiger partial charge in [0.25, 0.3) is 0 Å². The lowest BCUT2D eigenvalue weighted by molar-refractivity contribution is 0.0693. The Bertz CT molecular complexity index is 594. The Labute approximate surface area is 109 Å². The molecule has 1 unspecified atom stereocenters. The highest BCUT2D eigenvalue weighted by Crippen LogP contribution is 2.20. The van der Waals surface area contributed by atoms with Gasteiger partial charge in [-0.2, -0.15) is 0 Å². The van der Waals surface area contributed by atoms with E-state index < -0.39 is 5.97 Å². The predicted molar refractivity (Wildman–Crippen MR) is 69.4 cm³/mol. The van der Waals surface area contributed by atoms with Crippen molar-refractivity contribution in [1.82, 2.24) is 14.7 Å². The molecular formula is C12H14ClN3O2. The zero-order chi connectivity index (χ0) is 13.3. The summed E-state index contributed by atoms with van der Waals surface area (Å²) >= 11 is 6.12. The number of imidazole rings is 1. The van der Waals surface area contributed by atoms with Crippen LogP contribution in [0.3, 0.4) is 0 Å². The van der Waals surface area contributed by atoms with Gasteiger partial charge in [-0.05, 0) is 26.1 Å². The maximum Gasteiger partial charge on any atom is 0.356 e. The van der Waals surface area contributed by atoms with Crippen LogP contribution in [0.1, 0.15) is 23.2 Å². The summed E-state index contributed by atoms with van der Waals surface area (Å²) in [4.78, 5) is 15.3. The minimum absolute atomic E-state index is 0.0378. The average Bonchev–Trinajstić information content (AvgIpc) is 2.69. The zero-order valence-corrected chi connectivity index (χ0v) is 10.9. The van der Waals surface area contributed by atoms with Crippen molar-refractivity contribution in [3.63, 3.8) is 0 Å². The number of hydrogen-bond acceptors (Lipinski definition) is 3. The molecule has 18 heavy (non-hydrogen) atoms. The van der Waals surface area contributed by atoms with Crippen LogP contribution < -0.4 is 5.32 Å². The monoisotopic (exact) mass is 267 g/mol. The number of carboxylic acid groups (broad SMARTS) is 1. The van der Waals surface area contributed by atoms with E-state index in [4.69, 9.17) is 16.7 Å². The molecule has 0 spiro atoms. The number of nitrogens with zero attached hydrogens (tertiary/aromatic N) is 2. The van der Waals surface area contributed by atoms with Gasteiger partial charge in [0.2, 0.25) is 0 Å². The van der Waals surface area contributed by atoms with Gasteiger partial charge in [0.1, 0.15) is 11.0 Å². The molecule has 0 radical (unpaired) electrons. The SMILES string of the molecule is CNC(C)Cc1nc(C(=O)O)c2cccc(Cl)n12. The fourth-order valence-corrected chi connectivity index (χ4v) is 2.10. The summed E-state index contributed by atoms with van der Waals surface area (Å²) in [7, 11) is 1.85. The molecule has 2 rings (SSSR count). The van der Waals surface area contributed by atoms with E-state index in [1.807, 2.05) is 14.0 Å². The Hall–Kier alpha value is -1.59. The molecule has 0 aliphatic rings. The van der Waals surface area contributed by atoms with Gasteiger partial charge >= 0.3 is 5.97 Å². The lowest BCUT2D eigenvalue weighted by atomic mass is 10.2. The van der Waals surface area contributed by atoms with Crippen LogP contribution >= 0.6 is 11.6 Å². The molecule has 2 aromatic rings. The number of nitrogens with one attached hydrogen (secondary N) is 1. The number of hydrogen-bond donors (Lipinski definition) is 2. The Morgan fingerprint density at radius 1 is 1.61 bits per heavy atom. The first-order valence-electron chi connectivity index (χ1n) is 5.61. The third-order valence-electron chi connectivity index (χ3n) is 2.87. The molecule has 5 nitrogen and oxygen atoms in total. The van der Waals surface area contributed by atoms with Crippen molar-refractivity contribution in [1.29, 1.82) is 0 Å². The van der Waals surface area contributed by atoms with E-state index in [0.29, 0.717) is 22.9 Å². The second-order valence-corrected chi connectivity index (χ2v) is 4.53. The van der Waals surface area contributed by atoms with Gasteiger partial charge in [-0.15, -0.1) is 0 Å². The Kier molecular flexibility index (Phi) is 3.54. The van der Waals surface area contributed by atoms with E-state index in [1.54, 1.807) is 22.6 Å². The lowest BCUT2D eigenvalue weighted by Crippen LogP contribution is -2.24. The molecule has 0 bridgehead atoms. The van der Waals surface area contributed by atoms with Crippen molar-refractivity contribution >= 4 is 23.1 Å². The van der Waals surface area contributed by atoms with Gasteiger partial charge in [0, 0.05) is 12.5 Å². The van der Waals surface area contributed by atoms with Crippen molar-refractivity contribution in [3.05, 3.63) is 34.9 Å². The van der Waals surface area contributed by atoms with Crippen molar-refractivity contribution in [2.24, 2.45) is 0 Å². The quantitative estimate of drug-likeness (QED) is 0.830. The van der Waals surface area contributed by atoms with Crippen LogP contribution in [0.5, 0.6) is 0 Å². The van der Waals surface area contributed by atoms with Crippen molar-refractivity contribution in [2.75, 3.05) is 7.05 Å². The van der Waals surface area contributed by atoms with Crippen LogP contribution in [0, 0.1) is 0 Å². The number of carbonyl (C=O) groups is 1. The standard InChI is InChI=1S/C12H14ClN3O2/c1-7(14-2)6-10-15-11(12(17)18)8-4-3-5-9(13)16(8)10/h3-5,7,14H,6H2,1-2H3,(H,17,18). The summed E-state index contributed by atoms with van der Waals surface area (Å²) in [6, 6.07) is 5.33. The molecule has 0 aliphatic carbocycles. The number of aromatic carboxylic acids is 1. The Morgan fingerprint density at radius 3 is 2.94 bits per heavy atom. The van der Waals surface area contributed by atoms with Crippen LogP contribution in [0.15, 0.2) is 18.2 Å². The fraction of sp³-hybridized carbons (Fsp3) is 0.333. The molecule has 2 aromatic heterocycles. The van der Waals surface area contributed by atoms with Gasteiger partial charge in [-0.3, -0.25) is 4.40 Å². The van der Waals surface area contributed by atoms with Crippen LogP contribution in [-0.4, -0.2) is 33.6 Å². The van der Waals surface area contributed by atoms with Gasteiger partial charge < -0.3 is 10.4 Å². The van der Waals surface area contributed by atoms with Crippen LogP contribution in [0.2, 0.25) is 5.15 Å². The second-order valence-electron chi connectivity index (χ2n) is 4.14. The van der Waals surface area contributed by atoms with E-state index in [9.17, 15) is 4.79 Å². The zero-order valence-electron chi connectivity index (χ0n) is 10.1. The number of carboxylic acids is 1. The largest absolute Gasteiger partial charge is 0.476 e. The van der Waals surface area contributed by atoms with Crippen molar-refractivity contribution < 1.29 is 9.90 Å². The molecule has 96 valence electrons. The number of rotatable bonds is 4. The van der Waals surface area contributed by atoms with Crippen LogP contribution in [-0.2, 0) is 6.42 Å². The molecule has 0 fully saturated rings. The predicted octanol–water partition coefficient (Wildman–Crippen LogP) is 1.84. The summed E-state index contributed by atoms with van der Waals surface area (Å²) in [5.74, 6) is -0.395. The Morgan fingerprint density at radius 2 is 2.33 bits per heavy atom. The second kappa shape index (κ2) is 4.96. The average molecular weight is 268 g/mol. The normalized spacial score (nSPS) is 12.8. The van der Waals surface area contributed by atoms with E-state index in [2.05, 4.69) is 10.3 Å². The minimum atomic E-state index is -1.04. The van der Waals surface area contributed by atoms with Crippen molar-refractivity contribution in [2.45, 2.75) is 19.4 Å². The third kappa shape index (κ3) is 2.19. The maximum atomic E-state index is 11.2. The summed E-state index contributed by atoms with van der Waals surface area (Å²) in [5, 5.41) is 12.7.